The molecule has 4 nitrogen and oxygen atoms in total. The molecule has 3 heterocycles. The molecular weight excluding hydrogens is 643 g/mol. The fraction of sp³-hybridized carbons (Fsp3) is 0.0217. The highest BCUT2D eigenvalue weighted by atomic mass is 32.2. The van der Waals surface area contributed by atoms with Gasteiger partial charge in [-0.2, -0.15) is 0 Å². The van der Waals surface area contributed by atoms with Crippen LogP contribution in [0.25, 0.3) is 67.2 Å². The molecule has 9 aromatic rings. The smallest absolute Gasteiger partial charge is 0.167 e. The number of furan rings is 1. The van der Waals surface area contributed by atoms with E-state index in [9.17, 15) is 0 Å². The van der Waals surface area contributed by atoms with Crippen molar-refractivity contribution in [2.75, 3.05) is 0 Å². The van der Waals surface area contributed by atoms with E-state index >= 15 is 0 Å². The third-order valence-electron chi connectivity index (χ3n) is 10.4. The summed E-state index contributed by atoms with van der Waals surface area (Å²) in [5, 5.41) is 2.16. The second kappa shape index (κ2) is 10.8. The Hall–Kier alpha value is -6.30. The third-order valence-corrected chi connectivity index (χ3v) is 11.6. The van der Waals surface area contributed by atoms with Crippen LogP contribution in [0.5, 0.6) is 0 Å². The van der Waals surface area contributed by atoms with Crippen LogP contribution in [0, 0.1) is 0 Å². The van der Waals surface area contributed by atoms with Crippen LogP contribution in [-0.4, -0.2) is 15.0 Å². The van der Waals surface area contributed by atoms with Gasteiger partial charge in [0.05, 0.1) is 11.0 Å². The molecule has 2 aromatic heterocycles. The standard InChI is InChI=1S/C46H27N3OS/c1-3-14-28(15-4-1)43-47-44(29-16-5-2-6-17-29)49-45(48-43)32-20-13-19-31-41-37(50-42(31)32)27-26-36-40(41)30-18-7-8-21-33(30)46(36)34-22-9-11-24-38(34)51-39-25-12-10-23-35(39)46/h1-27H. The van der Waals surface area contributed by atoms with Crippen LogP contribution in [0.1, 0.15) is 22.3 Å². The number of para-hydroxylation sites is 1. The molecule has 0 fully saturated rings. The Kier molecular flexibility index (Phi) is 6.07. The van der Waals surface area contributed by atoms with E-state index in [4.69, 9.17) is 19.4 Å². The van der Waals surface area contributed by atoms with Gasteiger partial charge in [0.2, 0.25) is 0 Å². The van der Waals surface area contributed by atoms with E-state index < -0.39 is 5.41 Å². The van der Waals surface area contributed by atoms with Crippen molar-refractivity contribution >= 4 is 33.7 Å². The third kappa shape index (κ3) is 4.01. The lowest BCUT2D eigenvalue weighted by Crippen LogP contribution is -2.31. The van der Waals surface area contributed by atoms with Gasteiger partial charge in [-0.15, -0.1) is 0 Å². The summed E-state index contributed by atoms with van der Waals surface area (Å²) in [5.74, 6) is 1.82. The molecule has 0 radical (unpaired) electrons. The fourth-order valence-electron chi connectivity index (χ4n) is 8.34. The Labute approximate surface area is 298 Å². The Morgan fingerprint density at radius 3 is 1.65 bits per heavy atom. The zero-order valence-corrected chi connectivity index (χ0v) is 28.1. The van der Waals surface area contributed by atoms with Crippen molar-refractivity contribution in [2.45, 2.75) is 15.2 Å². The topological polar surface area (TPSA) is 51.8 Å². The van der Waals surface area contributed by atoms with Crippen molar-refractivity contribution in [3.63, 3.8) is 0 Å². The normalized spacial score (nSPS) is 13.6. The van der Waals surface area contributed by atoms with E-state index in [0.717, 1.165) is 38.6 Å². The van der Waals surface area contributed by atoms with Crippen LogP contribution in [0.2, 0.25) is 0 Å². The van der Waals surface area contributed by atoms with Crippen molar-refractivity contribution in [1.82, 2.24) is 15.0 Å². The van der Waals surface area contributed by atoms with Gasteiger partial charge < -0.3 is 4.42 Å². The van der Waals surface area contributed by atoms with Gasteiger partial charge in [0, 0.05) is 31.7 Å². The lowest BCUT2D eigenvalue weighted by Gasteiger charge is -2.39. The molecule has 0 amide bonds. The molecule has 238 valence electrons. The number of rotatable bonds is 3. The predicted molar refractivity (Wildman–Crippen MR) is 205 cm³/mol. The monoisotopic (exact) mass is 669 g/mol. The second-order valence-corrected chi connectivity index (χ2v) is 14.2. The minimum absolute atomic E-state index is 0.455. The summed E-state index contributed by atoms with van der Waals surface area (Å²) >= 11 is 1.86. The molecule has 11 rings (SSSR count). The van der Waals surface area contributed by atoms with Crippen molar-refractivity contribution in [1.29, 1.82) is 0 Å². The molecule has 5 heteroatoms. The van der Waals surface area contributed by atoms with E-state index in [1.165, 1.54) is 43.2 Å². The Morgan fingerprint density at radius 1 is 0.431 bits per heavy atom. The summed E-state index contributed by atoms with van der Waals surface area (Å²) in [7, 11) is 0. The fourth-order valence-corrected chi connectivity index (χ4v) is 9.53. The van der Waals surface area contributed by atoms with Gasteiger partial charge in [-0.3, -0.25) is 0 Å². The molecule has 0 atom stereocenters. The average molecular weight is 670 g/mol. The Bertz CT molecular complexity index is 2740. The Morgan fingerprint density at radius 2 is 0.980 bits per heavy atom. The van der Waals surface area contributed by atoms with E-state index in [-0.39, 0.29) is 0 Å². The van der Waals surface area contributed by atoms with E-state index in [1.54, 1.807) is 0 Å². The predicted octanol–water partition coefficient (Wildman–Crippen LogP) is 11.6. The number of fused-ring (bicyclic) bond motifs is 13. The van der Waals surface area contributed by atoms with E-state index in [1.807, 2.05) is 72.4 Å². The molecular formula is C46H27N3OS. The van der Waals surface area contributed by atoms with Gasteiger partial charge >= 0.3 is 0 Å². The van der Waals surface area contributed by atoms with E-state index in [0.29, 0.717) is 17.5 Å². The first-order valence-electron chi connectivity index (χ1n) is 17.1. The van der Waals surface area contributed by atoms with Gasteiger partial charge in [0.15, 0.2) is 17.5 Å². The lowest BCUT2D eigenvalue weighted by molar-refractivity contribution is 0.668. The van der Waals surface area contributed by atoms with Gasteiger partial charge in [-0.1, -0.05) is 151 Å². The minimum Gasteiger partial charge on any atom is -0.455 e. The molecule has 7 aromatic carbocycles. The minimum atomic E-state index is -0.455. The van der Waals surface area contributed by atoms with Crippen molar-refractivity contribution < 1.29 is 4.42 Å². The van der Waals surface area contributed by atoms with Crippen LogP contribution in [0.3, 0.4) is 0 Å². The van der Waals surface area contributed by atoms with E-state index in [2.05, 4.69) is 103 Å². The summed E-state index contributed by atoms with van der Waals surface area (Å²) in [4.78, 5) is 17.6. The number of aromatic nitrogens is 3. The summed E-state index contributed by atoms with van der Waals surface area (Å²) in [5.41, 5.74) is 11.5. The maximum absolute atomic E-state index is 6.88. The molecule has 0 saturated carbocycles. The van der Waals surface area contributed by atoms with Crippen molar-refractivity contribution in [3.8, 4) is 45.3 Å². The molecule has 0 unspecified atom stereocenters. The Balaban J connectivity index is 1.21. The summed E-state index contributed by atoms with van der Waals surface area (Å²) < 4.78 is 6.88. The molecule has 51 heavy (non-hydrogen) atoms. The van der Waals surface area contributed by atoms with Crippen molar-refractivity contribution in [3.05, 3.63) is 186 Å². The molecule has 1 spiro atoms. The second-order valence-electron chi connectivity index (χ2n) is 13.1. The summed E-state index contributed by atoms with van der Waals surface area (Å²) in [6.45, 7) is 0. The van der Waals surface area contributed by atoms with Crippen LogP contribution >= 0.6 is 11.8 Å². The highest BCUT2D eigenvalue weighted by Gasteiger charge is 2.50. The molecule has 0 saturated heterocycles. The van der Waals surface area contributed by atoms with Crippen LogP contribution < -0.4 is 0 Å². The highest BCUT2D eigenvalue weighted by Crippen LogP contribution is 2.63. The quantitative estimate of drug-likeness (QED) is 0.187. The number of hydrogen-bond acceptors (Lipinski definition) is 5. The van der Waals surface area contributed by atoms with Crippen LogP contribution in [0.4, 0.5) is 0 Å². The first-order chi connectivity index (χ1) is 25.3. The highest BCUT2D eigenvalue weighted by molar-refractivity contribution is 7.99. The van der Waals surface area contributed by atoms with Crippen LogP contribution in [-0.2, 0) is 5.41 Å². The molecule has 2 aliphatic rings. The SMILES string of the molecule is c1ccc(-c2nc(-c3ccccc3)nc(-c3cccc4c3oc3ccc5c(c34)-c3ccccc3C53c4ccccc4Sc4ccccc43)n2)cc1. The summed E-state index contributed by atoms with van der Waals surface area (Å²) in [6, 6.07) is 57.7. The summed E-state index contributed by atoms with van der Waals surface area (Å²) in [6.07, 6.45) is 0. The molecule has 1 aliphatic heterocycles. The zero-order chi connectivity index (χ0) is 33.5. The van der Waals surface area contributed by atoms with Gasteiger partial charge in [-0.05, 0) is 57.6 Å². The van der Waals surface area contributed by atoms with Crippen LogP contribution in [0.15, 0.2) is 178 Å². The van der Waals surface area contributed by atoms with Crippen molar-refractivity contribution in [2.24, 2.45) is 0 Å². The maximum atomic E-state index is 6.88. The number of benzene rings is 7. The largest absolute Gasteiger partial charge is 0.455 e. The molecule has 1 aliphatic carbocycles. The zero-order valence-electron chi connectivity index (χ0n) is 27.2. The van der Waals surface area contributed by atoms with Gasteiger partial charge in [0.25, 0.3) is 0 Å². The first-order valence-corrected chi connectivity index (χ1v) is 17.9. The van der Waals surface area contributed by atoms with Gasteiger partial charge in [0.1, 0.15) is 11.2 Å². The lowest BCUT2D eigenvalue weighted by atomic mass is 9.67. The first kappa shape index (κ1) is 28.5. The number of nitrogens with zero attached hydrogens (tertiary/aromatic N) is 3. The average Bonchev–Trinajstić information content (AvgIpc) is 3.73. The number of hydrogen-bond donors (Lipinski definition) is 0. The molecule has 0 N–H and O–H groups in total. The van der Waals surface area contributed by atoms with Gasteiger partial charge in [-0.25, -0.2) is 15.0 Å². The molecule has 0 bridgehead atoms. The maximum Gasteiger partial charge on any atom is 0.167 e.